The van der Waals surface area contributed by atoms with Gasteiger partial charge in [0, 0.05) is 49.3 Å². The number of carboxylic acids is 1. The molecule has 3 aromatic carbocycles. The summed E-state index contributed by atoms with van der Waals surface area (Å²) in [5.74, 6) is -6.90. The van der Waals surface area contributed by atoms with Gasteiger partial charge in [0.25, 0.3) is 0 Å². The Morgan fingerprint density at radius 3 is 1.94 bits per heavy atom. The number of aliphatic hydroxyl groups excluding tert-OH is 1. The van der Waals surface area contributed by atoms with E-state index in [2.05, 4.69) is 31.6 Å². The monoisotopic (exact) mass is 953 g/mol. The van der Waals surface area contributed by atoms with Gasteiger partial charge in [-0.2, -0.15) is 0 Å². The molecule has 0 unspecified atom stereocenters. The maximum atomic E-state index is 14.6. The lowest BCUT2D eigenvalue weighted by molar-refractivity contribution is -0.143. The van der Waals surface area contributed by atoms with E-state index in [9.17, 15) is 53.7 Å². The molecule has 1 saturated heterocycles. The van der Waals surface area contributed by atoms with Crippen molar-refractivity contribution < 1.29 is 53.7 Å². The van der Waals surface area contributed by atoms with Gasteiger partial charge in [-0.05, 0) is 73.4 Å². The summed E-state index contributed by atoms with van der Waals surface area (Å²) in [6, 6.07) is 12.7. The van der Waals surface area contributed by atoms with Gasteiger partial charge in [-0.1, -0.05) is 74.5 Å². The number of primary amides is 1. The predicted octanol–water partition coefficient (Wildman–Crippen LogP) is 0.421. The number of amides is 7. The second-order valence-corrected chi connectivity index (χ2v) is 17.9. The quantitative estimate of drug-likeness (QED) is 0.0456. The first-order valence-corrected chi connectivity index (χ1v) is 22.9. The molecule has 5 rings (SSSR count). The minimum atomic E-state index is -1.46. The number of aromatic hydroxyl groups is 1. The summed E-state index contributed by atoms with van der Waals surface area (Å²) in [7, 11) is 0. The Bertz CT molecular complexity index is 2440. The number of phenols is 1. The number of hydrogen-bond acceptors (Lipinski definition) is 11. The van der Waals surface area contributed by atoms with Crippen LogP contribution in [0.3, 0.4) is 0 Å². The largest absolute Gasteiger partial charge is 0.508 e. The number of hydrogen-bond donors (Lipinski definition) is 11. The number of likely N-dealkylation sites (tertiary alicyclic amines) is 1. The highest BCUT2D eigenvalue weighted by Crippen LogP contribution is 2.23. The number of carbonyl (C=O) groups excluding carboxylic acids is 7. The number of benzene rings is 3. The third-order valence-corrected chi connectivity index (χ3v) is 11.9. The maximum Gasteiger partial charge on any atom is 0.326 e. The van der Waals surface area contributed by atoms with Crippen molar-refractivity contribution in [3.8, 4) is 5.75 Å². The van der Waals surface area contributed by atoms with E-state index in [-0.39, 0.29) is 63.2 Å². The van der Waals surface area contributed by atoms with Gasteiger partial charge in [-0.25, -0.2) is 4.79 Å². The minimum Gasteiger partial charge on any atom is -0.508 e. The molecule has 2 heterocycles. The molecule has 370 valence electrons. The summed E-state index contributed by atoms with van der Waals surface area (Å²) in [6.07, 6.45) is 0.181. The number of aliphatic carboxylic acids is 1. The maximum absolute atomic E-state index is 14.6. The molecule has 20 heteroatoms. The third kappa shape index (κ3) is 15.1. The molecule has 1 fully saturated rings. The topological polar surface area (TPSA) is 328 Å². The van der Waals surface area contributed by atoms with Crippen molar-refractivity contribution in [2.75, 3.05) is 6.54 Å². The van der Waals surface area contributed by atoms with Crippen LogP contribution in [0.5, 0.6) is 5.75 Å². The first-order chi connectivity index (χ1) is 32.8. The zero-order valence-corrected chi connectivity index (χ0v) is 38.9. The molecule has 0 aliphatic carbocycles. The zero-order valence-electron chi connectivity index (χ0n) is 38.9. The molecular weight excluding hydrogens is 891 g/mol. The molecule has 1 aliphatic rings. The Morgan fingerprint density at radius 1 is 0.710 bits per heavy atom. The molecule has 4 aromatic rings. The Kier molecular flexibility index (Phi) is 18.8. The summed E-state index contributed by atoms with van der Waals surface area (Å²) in [6.45, 7) is 5.06. The van der Waals surface area contributed by atoms with Crippen molar-refractivity contribution >= 4 is 58.2 Å². The van der Waals surface area contributed by atoms with Gasteiger partial charge in [0.15, 0.2) is 0 Å². The first kappa shape index (κ1) is 52.6. The molecule has 1 aromatic heterocycles. The van der Waals surface area contributed by atoms with Crippen LogP contribution in [0.25, 0.3) is 10.9 Å². The molecule has 13 N–H and O–H groups in total. The third-order valence-electron chi connectivity index (χ3n) is 11.9. The Morgan fingerprint density at radius 2 is 1.29 bits per heavy atom. The Balaban J connectivity index is 1.37. The van der Waals surface area contributed by atoms with Crippen LogP contribution in [0.2, 0.25) is 0 Å². The number of aromatic amines is 1. The van der Waals surface area contributed by atoms with Crippen LogP contribution in [-0.2, 0) is 57.6 Å². The van der Waals surface area contributed by atoms with Crippen molar-refractivity contribution in [1.29, 1.82) is 0 Å². The fourth-order valence-electron chi connectivity index (χ4n) is 8.18. The first-order valence-electron chi connectivity index (χ1n) is 22.9. The number of carbonyl (C=O) groups is 8. The number of para-hydroxylation sites is 1. The van der Waals surface area contributed by atoms with E-state index < -0.39 is 95.7 Å². The van der Waals surface area contributed by atoms with Crippen LogP contribution in [0.15, 0.2) is 85.1 Å². The highest BCUT2D eigenvalue weighted by atomic mass is 16.4. The number of fused-ring (bicyclic) bond motifs is 1. The van der Waals surface area contributed by atoms with E-state index >= 15 is 0 Å². The van der Waals surface area contributed by atoms with Crippen molar-refractivity contribution in [3.63, 3.8) is 0 Å². The van der Waals surface area contributed by atoms with Gasteiger partial charge in [0.2, 0.25) is 41.4 Å². The van der Waals surface area contributed by atoms with Crippen LogP contribution in [0.4, 0.5) is 0 Å². The molecule has 0 radical (unpaired) electrons. The molecule has 69 heavy (non-hydrogen) atoms. The minimum absolute atomic E-state index is 0.0380. The average molecular weight is 954 g/mol. The van der Waals surface area contributed by atoms with Crippen molar-refractivity contribution in [2.45, 2.75) is 121 Å². The number of aliphatic hydroxyl groups is 1. The standard InChI is InChI=1S/C49H63N9O11/c1-27(2)22-36(55-47(66)42(51)28(3)59)44(63)56-38(24-30-15-17-32(60)18-16-30)48(67)58-21-9-14-40(58)46(65)53-35(19-20-41(50)61)43(62)54-37(23-29-10-5-4-6-11-29)45(64)57-39(49(68)69)25-31-26-52-34-13-8-7-12-33(31)34/h4-8,10-13,15-18,26-28,35-40,42,52,59-60H,9,14,19-25,51H2,1-3H3,(H2,50,61)(H,53,65)(H,54,62)(H,55,66)(H,56,63)(H,57,64)(H,68,69)/t28-,35+,36+,37+,38+,39+,40+,42+/m1/s1. The number of nitrogens with one attached hydrogen (secondary N) is 6. The molecule has 0 saturated carbocycles. The molecule has 0 spiro atoms. The molecule has 8 atom stereocenters. The average Bonchev–Trinajstić information content (AvgIpc) is 3.97. The predicted molar refractivity (Wildman–Crippen MR) is 254 cm³/mol. The summed E-state index contributed by atoms with van der Waals surface area (Å²) in [4.78, 5) is 113. The van der Waals surface area contributed by atoms with Crippen LogP contribution in [-0.4, -0.2) is 127 Å². The zero-order chi connectivity index (χ0) is 50.4. The van der Waals surface area contributed by atoms with Gasteiger partial charge in [-0.15, -0.1) is 0 Å². The van der Waals surface area contributed by atoms with E-state index in [4.69, 9.17) is 11.5 Å². The van der Waals surface area contributed by atoms with E-state index in [1.54, 1.807) is 54.7 Å². The van der Waals surface area contributed by atoms with Gasteiger partial charge >= 0.3 is 5.97 Å². The van der Waals surface area contributed by atoms with E-state index in [0.717, 1.165) is 10.9 Å². The fraction of sp³-hybridized carbons (Fsp3) is 0.429. The molecule has 1 aliphatic heterocycles. The van der Waals surface area contributed by atoms with Gasteiger partial charge in [0.1, 0.15) is 48.0 Å². The summed E-state index contributed by atoms with van der Waals surface area (Å²) < 4.78 is 0. The second kappa shape index (κ2) is 24.6. The molecular formula is C49H63N9O11. The lowest BCUT2D eigenvalue weighted by atomic mass is 10.00. The number of H-pyrrole nitrogens is 1. The molecule has 20 nitrogen and oxygen atoms in total. The second-order valence-electron chi connectivity index (χ2n) is 17.9. The lowest BCUT2D eigenvalue weighted by Gasteiger charge is -2.31. The van der Waals surface area contributed by atoms with Crippen LogP contribution >= 0.6 is 0 Å². The summed E-state index contributed by atoms with van der Waals surface area (Å²) >= 11 is 0. The number of nitrogens with zero attached hydrogens (tertiary/aromatic N) is 1. The fourth-order valence-corrected chi connectivity index (χ4v) is 8.18. The van der Waals surface area contributed by atoms with E-state index in [1.807, 2.05) is 32.0 Å². The summed E-state index contributed by atoms with van der Waals surface area (Å²) in [5.41, 5.74) is 13.9. The van der Waals surface area contributed by atoms with Crippen LogP contribution in [0, 0.1) is 5.92 Å². The highest BCUT2D eigenvalue weighted by Gasteiger charge is 2.40. The highest BCUT2D eigenvalue weighted by molar-refractivity contribution is 5.98. The number of nitrogens with two attached hydrogens (primary N) is 2. The Hall–Kier alpha value is -7.32. The van der Waals surface area contributed by atoms with Gasteiger partial charge in [-0.3, -0.25) is 33.6 Å². The summed E-state index contributed by atoms with van der Waals surface area (Å²) in [5, 5.41) is 44.0. The Labute approximate surface area is 399 Å². The van der Waals surface area contributed by atoms with Crippen molar-refractivity contribution in [3.05, 3.63) is 102 Å². The van der Waals surface area contributed by atoms with Crippen molar-refractivity contribution in [2.24, 2.45) is 17.4 Å². The van der Waals surface area contributed by atoms with E-state index in [1.165, 1.54) is 24.0 Å². The van der Waals surface area contributed by atoms with Crippen LogP contribution in [0.1, 0.15) is 69.6 Å². The number of aromatic nitrogens is 1. The number of rotatable bonds is 24. The lowest BCUT2D eigenvalue weighted by Crippen LogP contribution is -2.60. The molecule has 0 bridgehead atoms. The number of phenolic OH excluding ortho intramolecular Hbond substituents is 1. The van der Waals surface area contributed by atoms with Crippen molar-refractivity contribution in [1.82, 2.24) is 36.5 Å². The van der Waals surface area contributed by atoms with Gasteiger partial charge in [0.05, 0.1) is 6.10 Å². The SMILES string of the molecule is CC(C)C[C@H](NC(=O)[C@@H](N)[C@@H](C)O)C(=O)N[C@@H](Cc1ccc(O)cc1)C(=O)N1CCC[C@H]1C(=O)N[C@@H](CCC(N)=O)C(=O)N[C@@H](Cc1ccccc1)C(=O)N[C@@H](Cc1c[nH]c2ccccc12)C(=O)O. The van der Waals surface area contributed by atoms with Crippen LogP contribution < -0.4 is 38.1 Å². The smallest absolute Gasteiger partial charge is 0.326 e. The molecule has 7 amide bonds. The number of carboxylic acid groups (broad SMARTS) is 1. The normalized spacial score (nSPS) is 16.6. The van der Waals surface area contributed by atoms with Gasteiger partial charge < -0.3 is 63.3 Å². The van der Waals surface area contributed by atoms with E-state index in [0.29, 0.717) is 23.1 Å².